The van der Waals surface area contributed by atoms with Crippen LogP contribution in [0.1, 0.15) is 53.0 Å². The van der Waals surface area contributed by atoms with Gasteiger partial charge < -0.3 is 10.2 Å². The fourth-order valence-corrected chi connectivity index (χ4v) is 3.29. The van der Waals surface area contributed by atoms with Crippen LogP contribution in [-0.2, 0) is 6.42 Å². The van der Waals surface area contributed by atoms with Gasteiger partial charge in [-0.3, -0.25) is 9.59 Å². The fraction of sp³-hybridized carbons (Fsp3) is 0.333. The number of nitrogens with zero attached hydrogens (tertiary/aromatic N) is 1. The summed E-state index contributed by atoms with van der Waals surface area (Å²) in [4.78, 5) is 27.1. The number of unbranched alkanes of at least 4 members (excludes halogenated alkanes) is 1. The summed E-state index contributed by atoms with van der Waals surface area (Å²) in [6.07, 6.45) is 2.84. The summed E-state index contributed by atoms with van der Waals surface area (Å²) >= 11 is 0. The number of para-hydroxylation sites is 1. The van der Waals surface area contributed by atoms with Crippen molar-refractivity contribution >= 4 is 17.5 Å². The summed E-state index contributed by atoms with van der Waals surface area (Å²) in [6, 6.07) is 15.1. The second-order valence-electron chi connectivity index (χ2n) is 6.55. The third-order valence-corrected chi connectivity index (χ3v) is 4.61. The standard InChI is InChI=1S/C21H24N2O2/c1-3-4-12-22-20(24)17-9-7-10-18(14-17)21(25)23-15(2)13-16-8-5-6-11-19(16)23/h5-11,14-15H,3-4,12-13H2,1-2H3,(H,22,24). The van der Waals surface area contributed by atoms with Crippen LogP contribution in [0.3, 0.4) is 0 Å². The quantitative estimate of drug-likeness (QED) is 0.844. The molecule has 1 unspecified atom stereocenters. The lowest BCUT2D eigenvalue weighted by Crippen LogP contribution is -2.36. The van der Waals surface area contributed by atoms with E-state index < -0.39 is 0 Å². The molecule has 0 saturated heterocycles. The smallest absolute Gasteiger partial charge is 0.258 e. The first-order valence-electron chi connectivity index (χ1n) is 8.91. The van der Waals surface area contributed by atoms with E-state index in [0.29, 0.717) is 17.7 Å². The number of rotatable bonds is 5. The first kappa shape index (κ1) is 17.2. The molecule has 2 amide bonds. The zero-order chi connectivity index (χ0) is 17.8. The monoisotopic (exact) mass is 336 g/mol. The molecular weight excluding hydrogens is 312 g/mol. The molecule has 3 rings (SSSR count). The molecule has 0 fully saturated rings. The Bertz CT molecular complexity index is 785. The Morgan fingerprint density at radius 3 is 2.68 bits per heavy atom. The van der Waals surface area contributed by atoms with Crippen molar-refractivity contribution in [3.8, 4) is 0 Å². The van der Waals surface area contributed by atoms with Crippen LogP contribution in [0.25, 0.3) is 0 Å². The number of hydrogen-bond acceptors (Lipinski definition) is 2. The van der Waals surface area contributed by atoms with Crippen LogP contribution < -0.4 is 10.2 Å². The molecule has 0 radical (unpaired) electrons. The fourth-order valence-electron chi connectivity index (χ4n) is 3.29. The highest BCUT2D eigenvalue weighted by Crippen LogP contribution is 2.33. The molecule has 0 bridgehead atoms. The molecule has 130 valence electrons. The van der Waals surface area contributed by atoms with Gasteiger partial charge >= 0.3 is 0 Å². The summed E-state index contributed by atoms with van der Waals surface area (Å²) in [5.41, 5.74) is 3.24. The highest BCUT2D eigenvalue weighted by atomic mass is 16.2. The summed E-state index contributed by atoms with van der Waals surface area (Å²) in [7, 11) is 0. The summed E-state index contributed by atoms with van der Waals surface area (Å²) in [5.74, 6) is -0.182. The van der Waals surface area contributed by atoms with Gasteiger partial charge in [0.15, 0.2) is 0 Å². The van der Waals surface area contributed by atoms with Crippen molar-refractivity contribution in [2.45, 2.75) is 39.2 Å². The maximum atomic E-state index is 13.0. The van der Waals surface area contributed by atoms with Gasteiger partial charge in [-0.1, -0.05) is 37.6 Å². The van der Waals surface area contributed by atoms with Crippen LogP contribution in [-0.4, -0.2) is 24.4 Å². The number of amides is 2. The molecule has 1 atom stereocenters. The average molecular weight is 336 g/mol. The molecule has 4 heteroatoms. The number of hydrogen-bond donors (Lipinski definition) is 1. The van der Waals surface area contributed by atoms with E-state index in [1.807, 2.05) is 23.1 Å². The SMILES string of the molecule is CCCCNC(=O)c1cccc(C(=O)N2c3ccccc3CC2C)c1. The molecule has 1 heterocycles. The third kappa shape index (κ3) is 3.58. The van der Waals surface area contributed by atoms with E-state index in [9.17, 15) is 9.59 Å². The van der Waals surface area contributed by atoms with Crippen LogP contribution >= 0.6 is 0 Å². The minimum absolute atomic E-state index is 0.0549. The lowest BCUT2D eigenvalue weighted by Gasteiger charge is -2.23. The van der Waals surface area contributed by atoms with E-state index in [2.05, 4.69) is 25.2 Å². The number of benzene rings is 2. The normalized spacial score (nSPS) is 15.8. The van der Waals surface area contributed by atoms with E-state index in [4.69, 9.17) is 0 Å². The average Bonchev–Trinajstić information content (AvgIpc) is 2.97. The van der Waals surface area contributed by atoms with E-state index in [1.54, 1.807) is 24.3 Å². The van der Waals surface area contributed by atoms with Crippen molar-refractivity contribution in [1.29, 1.82) is 0 Å². The van der Waals surface area contributed by atoms with E-state index in [-0.39, 0.29) is 17.9 Å². The molecule has 0 aromatic heterocycles. The predicted molar refractivity (Wildman–Crippen MR) is 100 cm³/mol. The second-order valence-corrected chi connectivity index (χ2v) is 6.55. The van der Waals surface area contributed by atoms with Gasteiger partial charge in [-0.05, 0) is 49.6 Å². The van der Waals surface area contributed by atoms with Gasteiger partial charge in [0.05, 0.1) is 0 Å². The van der Waals surface area contributed by atoms with Gasteiger partial charge in [-0.25, -0.2) is 0 Å². The number of fused-ring (bicyclic) bond motifs is 1. The Morgan fingerprint density at radius 2 is 1.88 bits per heavy atom. The van der Waals surface area contributed by atoms with Gasteiger partial charge in [0.25, 0.3) is 11.8 Å². The third-order valence-electron chi connectivity index (χ3n) is 4.61. The lowest BCUT2D eigenvalue weighted by atomic mass is 10.1. The van der Waals surface area contributed by atoms with Crippen molar-refractivity contribution in [3.05, 3.63) is 65.2 Å². The second kappa shape index (κ2) is 7.51. The van der Waals surface area contributed by atoms with Crippen LogP contribution in [0.2, 0.25) is 0 Å². The number of carbonyl (C=O) groups excluding carboxylic acids is 2. The Kier molecular flexibility index (Phi) is 5.17. The molecule has 4 nitrogen and oxygen atoms in total. The number of carbonyl (C=O) groups is 2. The summed E-state index contributed by atoms with van der Waals surface area (Å²) in [5, 5.41) is 2.90. The molecule has 2 aromatic carbocycles. The Balaban J connectivity index is 1.81. The molecule has 1 aliphatic rings. The topological polar surface area (TPSA) is 49.4 Å². The summed E-state index contributed by atoms with van der Waals surface area (Å²) in [6.45, 7) is 4.80. The largest absolute Gasteiger partial charge is 0.352 e. The minimum atomic E-state index is -0.127. The van der Waals surface area contributed by atoms with Gasteiger partial charge in [0.1, 0.15) is 0 Å². The van der Waals surface area contributed by atoms with Crippen LogP contribution in [0.4, 0.5) is 5.69 Å². The predicted octanol–water partition coefficient (Wildman–Crippen LogP) is 3.81. The van der Waals surface area contributed by atoms with Gasteiger partial charge in [0.2, 0.25) is 0 Å². The van der Waals surface area contributed by atoms with E-state index in [1.165, 1.54) is 5.56 Å². The maximum Gasteiger partial charge on any atom is 0.258 e. The molecule has 1 N–H and O–H groups in total. The van der Waals surface area contributed by atoms with Crippen LogP contribution in [0, 0.1) is 0 Å². The minimum Gasteiger partial charge on any atom is -0.352 e. The lowest BCUT2D eigenvalue weighted by molar-refractivity contribution is 0.0953. The molecular formula is C21H24N2O2. The van der Waals surface area contributed by atoms with Gasteiger partial charge in [-0.2, -0.15) is 0 Å². The first-order valence-corrected chi connectivity index (χ1v) is 8.91. The molecule has 1 aliphatic heterocycles. The van der Waals surface area contributed by atoms with Gasteiger partial charge in [-0.15, -0.1) is 0 Å². The van der Waals surface area contributed by atoms with Gasteiger partial charge in [0, 0.05) is 29.4 Å². The van der Waals surface area contributed by atoms with Crippen molar-refractivity contribution in [2.75, 3.05) is 11.4 Å². The van der Waals surface area contributed by atoms with E-state index in [0.717, 1.165) is 24.9 Å². The molecule has 0 saturated carbocycles. The van der Waals surface area contributed by atoms with Crippen molar-refractivity contribution < 1.29 is 9.59 Å². The summed E-state index contributed by atoms with van der Waals surface area (Å²) < 4.78 is 0. The Hall–Kier alpha value is -2.62. The van der Waals surface area contributed by atoms with Crippen LogP contribution in [0.15, 0.2) is 48.5 Å². The molecule has 2 aromatic rings. The van der Waals surface area contributed by atoms with Crippen molar-refractivity contribution in [3.63, 3.8) is 0 Å². The highest BCUT2D eigenvalue weighted by molar-refractivity contribution is 6.09. The molecule has 0 spiro atoms. The zero-order valence-corrected chi connectivity index (χ0v) is 14.8. The Morgan fingerprint density at radius 1 is 1.12 bits per heavy atom. The number of anilines is 1. The first-order chi connectivity index (χ1) is 12.1. The van der Waals surface area contributed by atoms with Crippen molar-refractivity contribution in [2.24, 2.45) is 0 Å². The zero-order valence-electron chi connectivity index (χ0n) is 14.8. The van der Waals surface area contributed by atoms with Crippen LogP contribution in [0.5, 0.6) is 0 Å². The van der Waals surface area contributed by atoms with Crippen molar-refractivity contribution in [1.82, 2.24) is 5.32 Å². The number of nitrogens with one attached hydrogen (secondary N) is 1. The Labute approximate surface area is 148 Å². The molecule has 25 heavy (non-hydrogen) atoms. The maximum absolute atomic E-state index is 13.0. The van der Waals surface area contributed by atoms with E-state index >= 15 is 0 Å². The molecule has 0 aliphatic carbocycles. The highest BCUT2D eigenvalue weighted by Gasteiger charge is 2.31.